The summed E-state index contributed by atoms with van der Waals surface area (Å²) in [6.07, 6.45) is 0. The van der Waals surface area contributed by atoms with Gasteiger partial charge in [0.05, 0.1) is 17.4 Å². The monoisotopic (exact) mass is 225 g/mol. The number of hydrogen-bond donors (Lipinski definition) is 1. The third-order valence-electron chi connectivity index (χ3n) is 1.58. The van der Waals surface area contributed by atoms with Crippen LogP contribution in [0.4, 0.5) is 4.39 Å². The summed E-state index contributed by atoms with van der Waals surface area (Å²) in [5.74, 6) is -1.02. The maximum absolute atomic E-state index is 12.9. The molecule has 0 saturated carbocycles. The highest BCUT2D eigenvalue weighted by atomic mass is 32.2. The lowest BCUT2D eigenvalue weighted by Gasteiger charge is -2.00. The topological polar surface area (TPSA) is 61.1 Å². The quantitative estimate of drug-likeness (QED) is 0.851. The smallest absolute Gasteiger partial charge is 0.313 e. The normalized spacial score (nSPS) is 9.60. The van der Waals surface area contributed by atoms with Crippen molar-refractivity contribution in [3.8, 4) is 6.07 Å². The standard InChI is InChI=1S/C10H8FNO2S/c11-9-2-7(4-12)1-8(3-9)5-15-6-10(13)14/h1-3H,5-6H2,(H,13,14). The fourth-order valence-corrected chi connectivity index (χ4v) is 1.73. The Bertz CT molecular complexity index is 414. The number of hydrogen-bond acceptors (Lipinski definition) is 3. The number of halogens is 1. The van der Waals surface area contributed by atoms with Gasteiger partial charge >= 0.3 is 5.97 Å². The molecule has 0 radical (unpaired) electrons. The number of nitriles is 1. The second kappa shape index (κ2) is 5.37. The van der Waals surface area contributed by atoms with Gasteiger partial charge in [-0.1, -0.05) is 0 Å². The van der Waals surface area contributed by atoms with Gasteiger partial charge in [-0.05, 0) is 23.8 Å². The van der Waals surface area contributed by atoms with Gasteiger partial charge in [0.25, 0.3) is 0 Å². The number of rotatable bonds is 4. The molecule has 1 aromatic carbocycles. The fourth-order valence-electron chi connectivity index (χ4n) is 1.05. The number of thioether (sulfide) groups is 1. The second-order valence-corrected chi connectivity index (χ2v) is 3.83. The van der Waals surface area contributed by atoms with Crippen LogP contribution in [0.5, 0.6) is 0 Å². The number of carboxylic acid groups (broad SMARTS) is 1. The Labute approximate surface area is 90.5 Å². The van der Waals surface area contributed by atoms with Crippen molar-refractivity contribution in [3.63, 3.8) is 0 Å². The van der Waals surface area contributed by atoms with E-state index in [0.717, 1.165) is 6.07 Å². The molecule has 0 aromatic heterocycles. The summed E-state index contributed by atoms with van der Waals surface area (Å²) in [6.45, 7) is 0. The first-order chi connectivity index (χ1) is 7.11. The van der Waals surface area contributed by atoms with Crippen LogP contribution >= 0.6 is 11.8 Å². The van der Waals surface area contributed by atoms with Crippen molar-refractivity contribution in [1.29, 1.82) is 5.26 Å². The maximum atomic E-state index is 12.9. The lowest BCUT2D eigenvalue weighted by Crippen LogP contribution is -1.98. The molecule has 0 aliphatic carbocycles. The molecule has 0 bridgehead atoms. The van der Waals surface area contributed by atoms with E-state index in [2.05, 4.69) is 0 Å². The van der Waals surface area contributed by atoms with Gasteiger partial charge in [0.15, 0.2) is 0 Å². The molecule has 15 heavy (non-hydrogen) atoms. The molecule has 1 aromatic rings. The van der Waals surface area contributed by atoms with Crippen LogP contribution in [0.25, 0.3) is 0 Å². The van der Waals surface area contributed by atoms with E-state index < -0.39 is 11.8 Å². The molecular formula is C10H8FNO2S. The van der Waals surface area contributed by atoms with Crippen molar-refractivity contribution >= 4 is 17.7 Å². The average molecular weight is 225 g/mol. The van der Waals surface area contributed by atoms with Gasteiger partial charge in [0.1, 0.15) is 5.82 Å². The SMILES string of the molecule is N#Cc1cc(F)cc(CSCC(=O)O)c1. The van der Waals surface area contributed by atoms with Gasteiger partial charge in [0, 0.05) is 5.75 Å². The van der Waals surface area contributed by atoms with Gasteiger partial charge in [-0.3, -0.25) is 4.79 Å². The van der Waals surface area contributed by atoms with E-state index in [0.29, 0.717) is 11.3 Å². The first kappa shape index (κ1) is 11.5. The number of carbonyl (C=O) groups is 1. The van der Waals surface area contributed by atoms with Crippen LogP contribution in [-0.2, 0) is 10.5 Å². The molecular weight excluding hydrogens is 217 g/mol. The Hall–Kier alpha value is -1.54. The summed E-state index contributed by atoms with van der Waals surface area (Å²) >= 11 is 1.17. The highest BCUT2D eigenvalue weighted by Gasteiger charge is 2.02. The fraction of sp³-hybridized carbons (Fsp3) is 0.200. The molecule has 0 atom stereocenters. The molecule has 78 valence electrons. The molecule has 1 rings (SSSR count). The summed E-state index contributed by atoms with van der Waals surface area (Å²) in [5, 5.41) is 17.0. The Balaban J connectivity index is 2.65. The van der Waals surface area contributed by atoms with Crippen molar-refractivity contribution in [2.24, 2.45) is 0 Å². The van der Waals surface area contributed by atoms with Crippen molar-refractivity contribution < 1.29 is 14.3 Å². The third kappa shape index (κ3) is 4.00. The zero-order chi connectivity index (χ0) is 11.3. The molecule has 3 nitrogen and oxygen atoms in total. The Morgan fingerprint density at radius 1 is 1.53 bits per heavy atom. The van der Waals surface area contributed by atoms with E-state index in [1.807, 2.05) is 6.07 Å². The van der Waals surface area contributed by atoms with E-state index in [-0.39, 0.29) is 11.3 Å². The molecule has 0 unspecified atom stereocenters. The van der Waals surface area contributed by atoms with Gasteiger partial charge < -0.3 is 5.11 Å². The predicted octanol–water partition coefficient (Wildman–Crippen LogP) is 2.02. The highest BCUT2D eigenvalue weighted by Crippen LogP contribution is 2.15. The minimum atomic E-state index is -0.906. The molecule has 0 aliphatic rings. The molecule has 0 aliphatic heterocycles. The minimum absolute atomic E-state index is 0.0294. The van der Waals surface area contributed by atoms with E-state index in [4.69, 9.17) is 10.4 Å². The van der Waals surface area contributed by atoms with Crippen LogP contribution in [0.15, 0.2) is 18.2 Å². The summed E-state index contributed by atoms with van der Waals surface area (Å²) < 4.78 is 12.9. The highest BCUT2D eigenvalue weighted by molar-refractivity contribution is 7.99. The van der Waals surface area contributed by atoms with Crippen molar-refractivity contribution in [3.05, 3.63) is 35.1 Å². The van der Waals surface area contributed by atoms with Gasteiger partial charge in [-0.15, -0.1) is 11.8 Å². The number of benzene rings is 1. The van der Waals surface area contributed by atoms with Crippen LogP contribution in [0.1, 0.15) is 11.1 Å². The van der Waals surface area contributed by atoms with Crippen LogP contribution in [0, 0.1) is 17.1 Å². The zero-order valence-electron chi connectivity index (χ0n) is 7.74. The summed E-state index contributed by atoms with van der Waals surface area (Å²) in [4.78, 5) is 10.2. The summed E-state index contributed by atoms with van der Waals surface area (Å²) in [7, 11) is 0. The number of carboxylic acids is 1. The average Bonchev–Trinajstić information content (AvgIpc) is 2.16. The largest absolute Gasteiger partial charge is 0.481 e. The molecule has 0 saturated heterocycles. The van der Waals surface area contributed by atoms with Crippen molar-refractivity contribution in [2.45, 2.75) is 5.75 Å². The first-order valence-electron chi connectivity index (χ1n) is 4.11. The van der Waals surface area contributed by atoms with Crippen LogP contribution in [0.2, 0.25) is 0 Å². The molecule has 0 amide bonds. The van der Waals surface area contributed by atoms with E-state index in [1.165, 1.54) is 17.8 Å². The summed E-state index contributed by atoms with van der Waals surface area (Å²) in [6, 6.07) is 5.84. The Morgan fingerprint density at radius 3 is 2.87 bits per heavy atom. The predicted molar refractivity (Wildman–Crippen MR) is 54.9 cm³/mol. The molecule has 1 N–H and O–H groups in total. The van der Waals surface area contributed by atoms with Crippen molar-refractivity contribution in [1.82, 2.24) is 0 Å². The molecule has 0 heterocycles. The molecule has 5 heteroatoms. The van der Waals surface area contributed by atoms with Gasteiger partial charge in [-0.25, -0.2) is 4.39 Å². The third-order valence-corrected chi connectivity index (χ3v) is 2.57. The lowest BCUT2D eigenvalue weighted by atomic mass is 10.1. The zero-order valence-corrected chi connectivity index (χ0v) is 8.55. The Morgan fingerprint density at radius 2 is 2.27 bits per heavy atom. The van der Waals surface area contributed by atoms with Crippen molar-refractivity contribution in [2.75, 3.05) is 5.75 Å². The molecule has 0 fully saturated rings. The number of nitrogens with zero attached hydrogens (tertiary/aromatic N) is 1. The van der Waals surface area contributed by atoms with Crippen LogP contribution in [-0.4, -0.2) is 16.8 Å². The van der Waals surface area contributed by atoms with Crippen LogP contribution in [0.3, 0.4) is 0 Å². The van der Waals surface area contributed by atoms with Gasteiger partial charge in [0.2, 0.25) is 0 Å². The Kier molecular flexibility index (Phi) is 4.13. The van der Waals surface area contributed by atoms with E-state index in [1.54, 1.807) is 6.07 Å². The summed E-state index contributed by atoms with van der Waals surface area (Å²) in [5.41, 5.74) is 0.874. The number of aliphatic carboxylic acids is 1. The van der Waals surface area contributed by atoms with Crippen LogP contribution < -0.4 is 0 Å². The molecule has 0 spiro atoms. The second-order valence-electron chi connectivity index (χ2n) is 2.85. The lowest BCUT2D eigenvalue weighted by molar-refractivity contribution is -0.133. The van der Waals surface area contributed by atoms with E-state index in [9.17, 15) is 9.18 Å². The van der Waals surface area contributed by atoms with E-state index >= 15 is 0 Å². The minimum Gasteiger partial charge on any atom is -0.481 e. The maximum Gasteiger partial charge on any atom is 0.313 e. The van der Waals surface area contributed by atoms with Gasteiger partial charge in [-0.2, -0.15) is 5.26 Å². The first-order valence-corrected chi connectivity index (χ1v) is 5.26.